The van der Waals surface area contributed by atoms with Gasteiger partial charge in [0.05, 0.1) is 12.9 Å². The second-order valence-corrected chi connectivity index (χ2v) is 10.2. The van der Waals surface area contributed by atoms with Crippen LogP contribution in [-0.4, -0.2) is 45.1 Å². The summed E-state index contributed by atoms with van der Waals surface area (Å²) in [6, 6.07) is 7.55. The van der Waals surface area contributed by atoms with Gasteiger partial charge in [0, 0.05) is 17.1 Å². The second-order valence-electron chi connectivity index (χ2n) is 9.27. The molecule has 1 heterocycles. The third-order valence-corrected chi connectivity index (χ3v) is 6.43. The Morgan fingerprint density at radius 3 is 2.47 bits per heavy atom. The number of amides is 3. The van der Waals surface area contributed by atoms with Crippen LogP contribution in [0.3, 0.4) is 0 Å². The molecule has 2 N–H and O–H groups in total. The maximum Gasteiger partial charge on any atom is 0.321 e. The van der Waals surface area contributed by atoms with Crippen LogP contribution in [-0.2, 0) is 4.79 Å². The van der Waals surface area contributed by atoms with Crippen LogP contribution in [0.25, 0.3) is 11.4 Å². The molecule has 0 spiro atoms. The molecule has 1 aliphatic carbocycles. The van der Waals surface area contributed by atoms with Crippen LogP contribution in [0.5, 0.6) is 5.75 Å². The summed E-state index contributed by atoms with van der Waals surface area (Å²) in [5.41, 5.74) is 0.541. The smallest absolute Gasteiger partial charge is 0.321 e. The zero-order valence-corrected chi connectivity index (χ0v) is 20.3. The molecular weight excluding hydrogens is 426 g/mol. The fourth-order valence-electron chi connectivity index (χ4n) is 3.96. The molecule has 0 bridgehead atoms. The lowest BCUT2D eigenvalue weighted by atomic mass is 9.85. The molecule has 9 heteroatoms. The molecule has 2 aromatic rings. The van der Waals surface area contributed by atoms with Gasteiger partial charge in [0.1, 0.15) is 5.75 Å². The van der Waals surface area contributed by atoms with Crippen LogP contribution >= 0.6 is 11.8 Å². The summed E-state index contributed by atoms with van der Waals surface area (Å²) in [7, 11) is 1.64. The molecule has 0 unspecified atom stereocenters. The molecule has 3 rings (SSSR count). The molecule has 174 valence electrons. The molecule has 8 nitrogen and oxygen atoms in total. The lowest BCUT2D eigenvalue weighted by Crippen LogP contribution is -2.48. The summed E-state index contributed by atoms with van der Waals surface area (Å²) in [6.45, 7) is 7.85. The molecule has 3 amide bonds. The van der Waals surface area contributed by atoms with Crippen LogP contribution in [0.2, 0.25) is 0 Å². The highest BCUT2D eigenvalue weighted by atomic mass is 32.2. The summed E-state index contributed by atoms with van der Waals surface area (Å²) in [4.78, 5) is 24.3. The van der Waals surface area contributed by atoms with Crippen molar-refractivity contribution in [2.24, 2.45) is 5.92 Å². The quantitative estimate of drug-likeness (QED) is 0.621. The van der Waals surface area contributed by atoms with Gasteiger partial charge in [-0.25, -0.2) is 4.79 Å². The number of imide groups is 1. The largest absolute Gasteiger partial charge is 0.497 e. The molecule has 0 aliphatic heterocycles. The van der Waals surface area contributed by atoms with Crippen LogP contribution < -0.4 is 15.4 Å². The fourth-order valence-corrected chi connectivity index (χ4v) is 4.75. The Morgan fingerprint density at radius 2 is 1.84 bits per heavy atom. The average Bonchev–Trinajstić information content (AvgIpc) is 3.15. The number of nitrogens with one attached hydrogen (secondary N) is 2. The molecule has 32 heavy (non-hydrogen) atoms. The minimum atomic E-state index is -0.496. The molecule has 1 fully saturated rings. The second kappa shape index (κ2) is 10.4. The molecule has 0 saturated heterocycles. The van der Waals surface area contributed by atoms with Crippen molar-refractivity contribution in [2.45, 2.75) is 70.1 Å². The minimum Gasteiger partial charge on any atom is -0.497 e. The Bertz CT molecular complexity index is 936. The molecule has 1 aliphatic rings. The predicted molar refractivity (Wildman–Crippen MR) is 126 cm³/mol. The third kappa shape index (κ3) is 6.25. The molecule has 1 saturated carbocycles. The van der Waals surface area contributed by atoms with Crippen molar-refractivity contribution in [3.05, 3.63) is 24.3 Å². The van der Waals surface area contributed by atoms with Crippen LogP contribution in [0.1, 0.15) is 59.4 Å². The topological polar surface area (TPSA) is 98.1 Å². The summed E-state index contributed by atoms with van der Waals surface area (Å²) in [5, 5.41) is 14.7. The Labute approximate surface area is 193 Å². The van der Waals surface area contributed by atoms with Crippen molar-refractivity contribution < 1.29 is 14.3 Å². The van der Waals surface area contributed by atoms with Crippen molar-refractivity contribution in [2.75, 3.05) is 12.9 Å². The monoisotopic (exact) mass is 459 g/mol. The first kappa shape index (κ1) is 24.1. The molecule has 2 atom stereocenters. The normalized spacial score (nSPS) is 18.8. The number of hydrogen-bond donors (Lipinski definition) is 2. The van der Waals surface area contributed by atoms with Crippen molar-refractivity contribution in [3.63, 3.8) is 0 Å². The van der Waals surface area contributed by atoms with E-state index in [2.05, 4.69) is 32.3 Å². The maximum absolute atomic E-state index is 12.3. The third-order valence-electron chi connectivity index (χ3n) is 5.48. The van der Waals surface area contributed by atoms with Gasteiger partial charge < -0.3 is 10.1 Å². The number of urea groups is 1. The number of carbonyl (C=O) groups excluding carboxylic acids is 2. The highest BCUT2D eigenvalue weighted by Gasteiger charge is 2.29. The van der Waals surface area contributed by atoms with Crippen molar-refractivity contribution in [1.82, 2.24) is 25.4 Å². The van der Waals surface area contributed by atoms with Crippen LogP contribution in [0.4, 0.5) is 4.79 Å². The molecule has 0 radical (unpaired) electrons. The first-order chi connectivity index (χ1) is 15.2. The molecular formula is C23H33N5O3S. The SMILES string of the molecule is COc1ccc(-c2nnc(SCC(=O)NC(=O)NC(C)(C)C)n2[C@H]2CCCC[C@H]2C)cc1. The number of benzene rings is 1. The van der Waals surface area contributed by atoms with E-state index < -0.39 is 11.6 Å². The van der Waals surface area contributed by atoms with E-state index in [-0.39, 0.29) is 17.7 Å². The number of methoxy groups -OCH3 is 1. The van der Waals surface area contributed by atoms with Gasteiger partial charge in [-0.05, 0) is 63.8 Å². The Hall–Kier alpha value is -2.55. The highest BCUT2D eigenvalue weighted by molar-refractivity contribution is 7.99. The first-order valence-electron chi connectivity index (χ1n) is 11.0. The van der Waals surface area contributed by atoms with E-state index in [0.717, 1.165) is 36.4 Å². The van der Waals surface area contributed by atoms with Crippen molar-refractivity contribution in [1.29, 1.82) is 0 Å². The number of aromatic nitrogens is 3. The Morgan fingerprint density at radius 1 is 1.16 bits per heavy atom. The number of rotatable bonds is 6. The predicted octanol–water partition coefficient (Wildman–Crippen LogP) is 4.42. The van der Waals surface area contributed by atoms with Gasteiger partial charge >= 0.3 is 6.03 Å². The van der Waals surface area contributed by atoms with Gasteiger partial charge in [-0.3, -0.25) is 14.7 Å². The van der Waals surface area contributed by atoms with E-state index in [0.29, 0.717) is 11.1 Å². The Balaban J connectivity index is 1.80. The average molecular weight is 460 g/mol. The van der Waals surface area contributed by atoms with Gasteiger partial charge in [0.2, 0.25) is 5.91 Å². The lowest BCUT2D eigenvalue weighted by molar-refractivity contribution is -0.117. The van der Waals surface area contributed by atoms with Gasteiger partial charge in [0.15, 0.2) is 11.0 Å². The summed E-state index contributed by atoms with van der Waals surface area (Å²) in [6.07, 6.45) is 4.59. The summed E-state index contributed by atoms with van der Waals surface area (Å²) >= 11 is 1.31. The van der Waals surface area contributed by atoms with E-state index in [1.54, 1.807) is 7.11 Å². The van der Waals surface area contributed by atoms with Crippen molar-refractivity contribution in [3.8, 4) is 17.1 Å². The van der Waals surface area contributed by atoms with Gasteiger partial charge in [-0.1, -0.05) is 31.5 Å². The van der Waals surface area contributed by atoms with Gasteiger partial charge in [0.25, 0.3) is 0 Å². The number of carbonyl (C=O) groups is 2. The molecule has 1 aromatic carbocycles. The van der Waals surface area contributed by atoms with Crippen molar-refractivity contribution >= 4 is 23.7 Å². The van der Waals surface area contributed by atoms with Gasteiger partial charge in [-0.2, -0.15) is 0 Å². The minimum absolute atomic E-state index is 0.0827. The maximum atomic E-state index is 12.3. The van der Waals surface area contributed by atoms with E-state index in [1.807, 2.05) is 45.0 Å². The fraction of sp³-hybridized carbons (Fsp3) is 0.565. The summed E-state index contributed by atoms with van der Waals surface area (Å²) < 4.78 is 7.46. The number of hydrogen-bond acceptors (Lipinski definition) is 6. The van der Waals surface area contributed by atoms with Crippen LogP contribution in [0.15, 0.2) is 29.4 Å². The van der Waals surface area contributed by atoms with E-state index in [1.165, 1.54) is 18.2 Å². The number of thioether (sulfide) groups is 1. The Kier molecular flexibility index (Phi) is 7.82. The van der Waals surface area contributed by atoms with E-state index >= 15 is 0 Å². The lowest BCUT2D eigenvalue weighted by Gasteiger charge is -2.31. The number of nitrogens with zero attached hydrogens (tertiary/aromatic N) is 3. The number of ether oxygens (including phenoxy) is 1. The first-order valence-corrected chi connectivity index (χ1v) is 12.0. The van der Waals surface area contributed by atoms with E-state index in [4.69, 9.17) is 4.74 Å². The van der Waals surface area contributed by atoms with Gasteiger partial charge in [-0.15, -0.1) is 10.2 Å². The molecule has 1 aromatic heterocycles. The zero-order valence-electron chi connectivity index (χ0n) is 19.5. The highest BCUT2D eigenvalue weighted by Crippen LogP contribution is 2.39. The zero-order chi connectivity index (χ0) is 23.3. The summed E-state index contributed by atoms with van der Waals surface area (Å²) in [5.74, 6) is 1.78. The van der Waals surface area contributed by atoms with E-state index in [9.17, 15) is 9.59 Å². The standard InChI is InChI=1S/C23H33N5O3S/c1-15-8-6-7-9-18(15)28-20(16-10-12-17(31-5)13-11-16)26-27-22(28)32-14-19(29)24-21(30)25-23(2,3)4/h10-13,15,18H,6-9,14H2,1-5H3,(H2,24,25,29,30)/t15-,18+/m1/s1. The van der Waals surface area contributed by atoms with Crippen LogP contribution in [0, 0.1) is 5.92 Å².